The third-order valence-corrected chi connectivity index (χ3v) is 5.29. The molecule has 2 aliphatic heterocycles. The molecule has 3 heterocycles. The van der Waals surface area contributed by atoms with Crippen molar-refractivity contribution < 1.29 is 9.13 Å². The normalized spacial score (nSPS) is 18.0. The Morgan fingerprint density at radius 1 is 1.07 bits per heavy atom. The molecule has 0 N–H and O–H groups in total. The Balaban J connectivity index is 1.59. The predicted octanol–water partition coefficient (Wildman–Crippen LogP) is 3.13. The minimum atomic E-state index is -0.188. The van der Waals surface area contributed by atoms with Crippen molar-refractivity contribution in [3.05, 3.63) is 52.7 Å². The van der Waals surface area contributed by atoms with Gasteiger partial charge in [0.05, 0.1) is 18.9 Å². The molecular weight excluding hydrogens is 343 g/mol. The number of halogens is 1. The maximum absolute atomic E-state index is 13.2. The summed E-state index contributed by atoms with van der Waals surface area (Å²) in [7, 11) is 0. The fourth-order valence-corrected chi connectivity index (χ4v) is 3.76. The van der Waals surface area contributed by atoms with E-state index in [1.165, 1.54) is 17.7 Å². The summed E-state index contributed by atoms with van der Waals surface area (Å²) in [4.78, 5) is 14.6. The Hall–Kier alpha value is -2.05. The van der Waals surface area contributed by atoms with E-state index in [1.807, 2.05) is 12.1 Å². The van der Waals surface area contributed by atoms with Gasteiger partial charge in [-0.3, -0.25) is 4.90 Å². The summed E-state index contributed by atoms with van der Waals surface area (Å²) in [5.74, 6) is 2.13. The molecule has 1 fully saturated rings. The summed E-state index contributed by atoms with van der Waals surface area (Å²) in [5.41, 5.74) is 3.56. The highest BCUT2D eigenvalue weighted by atomic mass is 19.1. The van der Waals surface area contributed by atoms with E-state index in [1.54, 1.807) is 0 Å². The lowest BCUT2D eigenvalue weighted by molar-refractivity contribution is 0.122. The molecule has 144 valence electrons. The topological polar surface area (TPSA) is 41.5 Å². The van der Waals surface area contributed by atoms with Crippen LogP contribution in [-0.4, -0.2) is 47.7 Å². The van der Waals surface area contributed by atoms with Crippen LogP contribution < -0.4 is 4.90 Å². The van der Waals surface area contributed by atoms with E-state index in [4.69, 9.17) is 14.7 Å². The quantitative estimate of drug-likeness (QED) is 0.827. The number of morpholine rings is 1. The first kappa shape index (κ1) is 18.3. The van der Waals surface area contributed by atoms with Crippen LogP contribution in [0.4, 0.5) is 10.2 Å². The summed E-state index contributed by atoms with van der Waals surface area (Å²) < 4.78 is 18.7. The first-order valence-corrected chi connectivity index (χ1v) is 9.79. The van der Waals surface area contributed by atoms with Crippen molar-refractivity contribution in [1.82, 2.24) is 14.9 Å². The van der Waals surface area contributed by atoms with Crippen LogP contribution in [0.2, 0.25) is 0 Å². The molecule has 1 aromatic carbocycles. The molecule has 27 heavy (non-hydrogen) atoms. The number of benzene rings is 1. The standard InChI is InChI=1S/C21H27FN4O/c1-15(2)20-23-19-14-25(13-16-3-5-17(22)6-4-16)8-7-18(19)21(24-20)26-9-11-27-12-10-26/h3-6,15H,7-14H2,1-2H3. The molecule has 6 heteroatoms. The zero-order valence-electron chi connectivity index (χ0n) is 16.1. The Morgan fingerprint density at radius 2 is 1.81 bits per heavy atom. The van der Waals surface area contributed by atoms with Gasteiger partial charge in [-0.2, -0.15) is 0 Å². The molecule has 1 saturated heterocycles. The summed E-state index contributed by atoms with van der Waals surface area (Å²) in [6.07, 6.45) is 0.946. The summed E-state index contributed by atoms with van der Waals surface area (Å²) in [5, 5.41) is 0. The SMILES string of the molecule is CC(C)c1nc2c(c(N3CCOCC3)n1)CCN(Cc1ccc(F)cc1)C2. The van der Waals surface area contributed by atoms with Gasteiger partial charge in [-0.15, -0.1) is 0 Å². The molecule has 0 spiro atoms. The highest BCUT2D eigenvalue weighted by Gasteiger charge is 2.26. The van der Waals surface area contributed by atoms with Crippen LogP contribution in [0.1, 0.15) is 42.4 Å². The largest absolute Gasteiger partial charge is 0.378 e. The number of nitrogens with zero attached hydrogens (tertiary/aromatic N) is 4. The first-order valence-electron chi connectivity index (χ1n) is 9.79. The van der Waals surface area contributed by atoms with Crippen molar-refractivity contribution in [2.24, 2.45) is 0 Å². The van der Waals surface area contributed by atoms with Crippen molar-refractivity contribution in [2.75, 3.05) is 37.7 Å². The van der Waals surface area contributed by atoms with Crippen LogP contribution in [0.25, 0.3) is 0 Å². The first-order chi connectivity index (χ1) is 13.1. The van der Waals surface area contributed by atoms with Gasteiger partial charge in [-0.1, -0.05) is 26.0 Å². The van der Waals surface area contributed by atoms with Gasteiger partial charge < -0.3 is 9.64 Å². The van der Waals surface area contributed by atoms with Crippen molar-refractivity contribution in [1.29, 1.82) is 0 Å². The summed E-state index contributed by atoms with van der Waals surface area (Å²) in [6.45, 7) is 10.2. The van der Waals surface area contributed by atoms with Gasteiger partial charge >= 0.3 is 0 Å². The van der Waals surface area contributed by atoms with Crippen LogP contribution in [0.5, 0.6) is 0 Å². The Morgan fingerprint density at radius 3 is 2.52 bits per heavy atom. The molecule has 0 aliphatic carbocycles. The van der Waals surface area contributed by atoms with E-state index >= 15 is 0 Å². The van der Waals surface area contributed by atoms with Crippen LogP contribution in [0, 0.1) is 5.82 Å². The van der Waals surface area contributed by atoms with Crippen molar-refractivity contribution in [2.45, 2.75) is 39.3 Å². The molecular formula is C21H27FN4O. The van der Waals surface area contributed by atoms with Gasteiger partial charge in [0.1, 0.15) is 17.5 Å². The Bertz CT molecular complexity index is 788. The number of hydrogen-bond acceptors (Lipinski definition) is 5. The second-order valence-corrected chi connectivity index (χ2v) is 7.67. The molecule has 0 atom stereocenters. The van der Waals surface area contributed by atoms with E-state index in [9.17, 15) is 4.39 Å². The number of ether oxygens (including phenoxy) is 1. The zero-order valence-corrected chi connectivity index (χ0v) is 16.1. The maximum Gasteiger partial charge on any atom is 0.136 e. The number of aromatic nitrogens is 2. The number of fused-ring (bicyclic) bond motifs is 1. The highest BCUT2D eigenvalue weighted by molar-refractivity contribution is 5.51. The third kappa shape index (κ3) is 4.12. The zero-order chi connectivity index (χ0) is 18.8. The second-order valence-electron chi connectivity index (χ2n) is 7.67. The van der Waals surface area contributed by atoms with Crippen LogP contribution >= 0.6 is 0 Å². The van der Waals surface area contributed by atoms with Gasteiger partial charge in [0.25, 0.3) is 0 Å². The maximum atomic E-state index is 13.2. The van der Waals surface area contributed by atoms with Crippen molar-refractivity contribution >= 4 is 5.82 Å². The molecule has 0 amide bonds. The lowest BCUT2D eigenvalue weighted by Gasteiger charge is -2.34. The lowest BCUT2D eigenvalue weighted by atomic mass is 10.0. The average Bonchev–Trinajstić information content (AvgIpc) is 2.69. The van der Waals surface area contributed by atoms with Crippen molar-refractivity contribution in [3.8, 4) is 0 Å². The Kier molecular flexibility index (Phi) is 5.36. The van der Waals surface area contributed by atoms with Crippen molar-refractivity contribution in [3.63, 3.8) is 0 Å². The molecule has 0 radical (unpaired) electrons. The number of rotatable bonds is 4. The minimum Gasteiger partial charge on any atom is -0.378 e. The molecule has 2 aliphatic rings. The summed E-state index contributed by atoms with van der Waals surface area (Å²) >= 11 is 0. The average molecular weight is 370 g/mol. The minimum absolute atomic E-state index is 0.188. The molecule has 0 bridgehead atoms. The van der Waals surface area contributed by atoms with Crippen LogP contribution in [-0.2, 0) is 24.2 Å². The van der Waals surface area contributed by atoms with E-state index in [0.717, 1.165) is 75.3 Å². The molecule has 4 rings (SSSR count). The summed E-state index contributed by atoms with van der Waals surface area (Å²) in [6, 6.07) is 6.79. The highest BCUT2D eigenvalue weighted by Crippen LogP contribution is 2.29. The van der Waals surface area contributed by atoms with E-state index in [2.05, 4.69) is 23.6 Å². The van der Waals surface area contributed by atoms with E-state index in [-0.39, 0.29) is 5.82 Å². The fraction of sp³-hybridized carbons (Fsp3) is 0.524. The van der Waals surface area contributed by atoms with Crippen LogP contribution in [0.3, 0.4) is 0 Å². The molecule has 0 unspecified atom stereocenters. The van der Waals surface area contributed by atoms with E-state index < -0.39 is 0 Å². The second kappa shape index (κ2) is 7.90. The molecule has 0 saturated carbocycles. The van der Waals surface area contributed by atoms with Gasteiger partial charge in [0, 0.05) is 44.2 Å². The molecule has 2 aromatic rings. The lowest BCUT2D eigenvalue weighted by Crippen LogP contribution is -2.39. The number of anilines is 1. The van der Waals surface area contributed by atoms with E-state index in [0.29, 0.717) is 5.92 Å². The van der Waals surface area contributed by atoms with Crippen LogP contribution in [0.15, 0.2) is 24.3 Å². The van der Waals surface area contributed by atoms with Gasteiger partial charge in [0.15, 0.2) is 0 Å². The number of hydrogen-bond donors (Lipinski definition) is 0. The predicted molar refractivity (Wildman–Crippen MR) is 103 cm³/mol. The molecule has 1 aromatic heterocycles. The van der Waals surface area contributed by atoms with Gasteiger partial charge in [-0.05, 0) is 24.1 Å². The smallest absolute Gasteiger partial charge is 0.136 e. The van der Waals surface area contributed by atoms with Gasteiger partial charge in [0.2, 0.25) is 0 Å². The van der Waals surface area contributed by atoms with Gasteiger partial charge in [-0.25, -0.2) is 14.4 Å². The fourth-order valence-electron chi connectivity index (χ4n) is 3.76. The molecule has 5 nitrogen and oxygen atoms in total. The monoisotopic (exact) mass is 370 g/mol. The Labute approximate surface area is 160 Å². The third-order valence-electron chi connectivity index (χ3n) is 5.29.